The minimum Gasteiger partial charge on any atom is -0.299 e. The Morgan fingerprint density at radius 3 is 2.79 bits per heavy atom. The van der Waals surface area contributed by atoms with Crippen LogP contribution in [0.1, 0.15) is 19.8 Å². The van der Waals surface area contributed by atoms with Crippen molar-refractivity contribution >= 4 is 17.5 Å². The average Bonchev–Trinajstić information content (AvgIpc) is 2.17. The fourth-order valence-corrected chi connectivity index (χ4v) is 1.91. The van der Waals surface area contributed by atoms with E-state index in [-0.39, 0.29) is 11.6 Å². The molecule has 0 aliphatic heterocycles. The summed E-state index contributed by atoms with van der Waals surface area (Å²) in [5, 5.41) is 0. The summed E-state index contributed by atoms with van der Waals surface area (Å²) in [5.41, 5.74) is 0. The first-order valence-electron chi connectivity index (χ1n) is 4.63. The number of thioether (sulfide) groups is 1. The molecule has 0 N–H and O–H groups in total. The zero-order valence-corrected chi connectivity index (χ0v) is 8.94. The summed E-state index contributed by atoms with van der Waals surface area (Å²) in [5.74, 6) is 0.303. The zero-order valence-electron chi connectivity index (χ0n) is 8.13. The first-order chi connectivity index (χ1) is 6.74. The van der Waals surface area contributed by atoms with Crippen molar-refractivity contribution in [2.45, 2.75) is 24.7 Å². The molecule has 0 aromatic heterocycles. The number of hydrogen-bond donors (Lipinski definition) is 0. The molecule has 0 radical (unpaired) electrons. The third-order valence-electron chi connectivity index (χ3n) is 1.75. The van der Waals surface area contributed by atoms with Crippen LogP contribution in [0.15, 0.2) is 29.2 Å². The highest BCUT2D eigenvalue weighted by Crippen LogP contribution is 2.21. The number of benzene rings is 1. The van der Waals surface area contributed by atoms with E-state index in [1.165, 1.54) is 17.8 Å². The number of carbonyl (C=O) groups is 1. The second-order valence-electron chi connectivity index (χ2n) is 3.01. The Bertz CT molecular complexity index is 312. The molecule has 0 saturated carbocycles. The van der Waals surface area contributed by atoms with Crippen molar-refractivity contribution in [3.63, 3.8) is 0 Å². The van der Waals surface area contributed by atoms with Crippen LogP contribution in [0.4, 0.5) is 4.39 Å². The Balaban J connectivity index is 2.46. The molecule has 0 aliphatic rings. The monoisotopic (exact) mass is 212 g/mol. The van der Waals surface area contributed by atoms with Crippen LogP contribution >= 0.6 is 11.8 Å². The zero-order chi connectivity index (χ0) is 10.4. The number of ketones is 1. The third kappa shape index (κ3) is 3.50. The molecule has 0 spiro atoms. The molecule has 0 saturated heterocycles. The standard InChI is InChI=1S/C11H13FOS/c1-2-5-9(13)8-14-11-7-4-3-6-10(11)12/h3-4,6-7H,2,5,8H2,1H3. The summed E-state index contributed by atoms with van der Waals surface area (Å²) in [4.78, 5) is 11.7. The van der Waals surface area contributed by atoms with Crippen molar-refractivity contribution in [3.8, 4) is 0 Å². The van der Waals surface area contributed by atoms with E-state index < -0.39 is 0 Å². The molecular weight excluding hydrogens is 199 g/mol. The lowest BCUT2D eigenvalue weighted by molar-refractivity contribution is -0.116. The van der Waals surface area contributed by atoms with Gasteiger partial charge in [0.1, 0.15) is 11.6 Å². The van der Waals surface area contributed by atoms with Gasteiger partial charge in [-0.15, -0.1) is 11.8 Å². The molecule has 3 heteroatoms. The minimum absolute atomic E-state index is 0.181. The summed E-state index contributed by atoms with van der Waals surface area (Å²) in [7, 11) is 0. The van der Waals surface area contributed by atoms with Crippen molar-refractivity contribution in [3.05, 3.63) is 30.1 Å². The summed E-state index contributed by atoms with van der Waals surface area (Å²) >= 11 is 1.27. The van der Waals surface area contributed by atoms with Crippen molar-refractivity contribution < 1.29 is 9.18 Å². The largest absolute Gasteiger partial charge is 0.299 e. The van der Waals surface area contributed by atoms with Gasteiger partial charge in [0.05, 0.1) is 5.75 Å². The molecule has 1 rings (SSSR count). The summed E-state index contributed by atoms with van der Waals surface area (Å²) in [6.45, 7) is 1.96. The maximum Gasteiger partial charge on any atom is 0.143 e. The third-order valence-corrected chi connectivity index (χ3v) is 2.86. The lowest BCUT2D eigenvalue weighted by Gasteiger charge is -2.01. The van der Waals surface area contributed by atoms with Crippen LogP contribution in [0, 0.1) is 5.82 Å². The van der Waals surface area contributed by atoms with E-state index in [1.54, 1.807) is 18.2 Å². The van der Waals surface area contributed by atoms with Gasteiger partial charge in [-0.3, -0.25) is 4.79 Å². The highest BCUT2D eigenvalue weighted by Gasteiger charge is 2.04. The second-order valence-corrected chi connectivity index (χ2v) is 4.02. The van der Waals surface area contributed by atoms with E-state index in [2.05, 4.69) is 0 Å². The maximum absolute atomic E-state index is 13.1. The topological polar surface area (TPSA) is 17.1 Å². The van der Waals surface area contributed by atoms with Crippen LogP contribution < -0.4 is 0 Å². The van der Waals surface area contributed by atoms with E-state index in [9.17, 15) is 9.18 Å². The fraction of sp³-hybridized carbons (Fsp3) is 0.364. The molecule has 1 nitrogen and oxygen atoms in total. The Kier molecular flexibility index (Phi) is 4.66. The minimum atomic E-state index is -0.248. The normalized spacial score (nSPS) is 10.1. The molecule has 76 valence electrons. The molecule has 0 aliphatic carbocycles. The summed E-state index contributed by atoms with van der Waals surface area (Å²) < 4.78 is 13.1. The predicted octanol–water partition coefficient (Wildman–Crippen LogP) is 3.29. The molecule has 0 heterocycles. The van der Waals surface area contributed by atoms with E-state index >= 15 is 0 Å². The molecule has 0 bridgehead atoms. The van der Waals surface area contributed by atoms with Crippen LogP contribution in [-0.4, -0.2) is 11.5 Å². The van der Waals surface area contributed by atoms with Gasteiger partial charge in [0.25, 0.3) is 0 Å². The molecule has 1 aromatic carbocycles. The van der Waals surface area contributed by atoms with Crippen LogP contribution in [0.5, 0.6) is 0 Å². The van der Waals surface area contributed by atoms with Crippen LogP contribution in [-0.2, 0) is 4.79 Å². The molecule has 0 fully saturated rings. The Labute approximate surface area is 87.7 Å². The number of rotatable bonds is 5. The van der Waals surface area contributed by atoms with Crippen molar-refractivity contribution in [1.29, 1.82) is 0 Å². The highest BCUT2D eigenvalue weighted by molar-refractivity contribution is 8.00. The average molecular weight is 212 g/mol. The van der Waals surface area contributed by atoms with Crippen LogP contribution in [0.25, 0.3) is 0 Å². The predicted molar refractivity (Wildman–Crippen MR) is 57.0 cm³/mol. The Morgan fingerprint density at radius 2 is 2.14 bits per heavy atom. The SMILES string of the molecule is CCCC(=O)CSc1ccccc1F. The Hall–Kier alpha value is -0.830. The fourth-order valence-electron chi connectivity index (χ4n) is 1.07. The van der Waals surface area contributed by atoms with Crippen molar-refractivity contribution in [1.82, 2.24) is 0 Å². The van der Waals surface area contributed by atoms with Gasteiger partial charge >= 0.3 is 0 Å². The number of halogens is 1. The van der Waals surface area contributed by atoms with Crippen LogP contribution in [0.3, 0.4) is 0 Å². The van der Waals surface area contributed by atoms with Crippen molar-refractivity contribution in [2.24, 2.45) is 0 Å². The van der Waals surface area contributed by atoms with Gasteiger partial charge in [-0.1, -0.05) is 19.1 Å². The number of hydrogen-bond acceptors (Lipinski definition) is 2. The molecular formula is C11H13FOS. The van der Waals surface area contributed by atoms with E-state index in [4.69, 9.17) is 0 Å². The molecule has 0 amide bonds. The highest BCUT2D eigenvalue weighted by atomic mass is 32.2. The lowest BCUT2D eigenvalue weighted by atomic mass is 10.3. The smallest absolute Gasteiger partial charge is 0.143 e. The number of carbonyl (C=O) groups excluding carboxylic acids is 1. The van der Waals surface area contributed by atoms with Gasteiger partial charge < -0.3 is 0 Å². The Morgan fingerprint density at radius 1 is 1.43 bits per heavy atom. The van der Waals surface area contributed by atoms with Gasteiger partial charge in [0.15, 0.2) is 0 Å². The quantitative estimate of drug-likeness (QED) is 0.697. The van der Waals surface area contributed by atoms with Crippen molar-refractivity contribution in [2.75, 3.05) is 5.75 Å². The maximum atomic E-state index is 13.1. The second kappa shape index (κ2) is 5.81. The first kappa shape index (κ1) is 11.2. The van der Waals surface area contributed by atoms with Gasteiger partial charge in [0.2, 0.25) is 0 Å². The van der Waals surface area contributed by atoms with E-state index in [0.717, 1.165) is 6.42 Å². The molecule has 1 aromatic rings. The van der Waals surface area contributed by atoms with E-state index in [0.29, 0.717) is 17.1 Å². The molecule has 14 heavy (non-hydrogen) atoms. The first-order valence-corrected chi connectivity index (χ1v) is 5.61. The lowest BCUT2D eigenvalue weighted by Crippen LogP contribution is -2.00. The summed E-state index contributed by atoms with van der Waals surface area (Å²) in [6, 6.07) is 6.52. The summed E-state index contributed by atoms with van der Waals surface area (Å²) in [6.07, 6.45) is 1.44. The molecule has 0 unspecified atom stereocenters. The van der Waals surface area contributed by atoms with E-state index in [1.807, 2.05) is 6.92 Å². The van der Waals surface area contributed by atoms with Gasteiger partial charge in [-0.25, -0.2) is 4.39 Å². The van der Waals surface area contributed by atoms with Gasteiger partial charge in [0, 0.05) is 11.3 Å². The van der Waals surface area contributed by atoms with Crippen LogP contribution in [0.2, 0.25) is 0 Å². The van der Waals surface area contributed by atoms with Gasteiger partial charge in [-0.2, -0.15) is 0 Å². The van der Waals surface area contributed by atoms with Gasteiger partial charge in [-0.05, 0) is 18.6 Å². The number of Topliss-reactive ketones (excluding diaryl/α,β-unsaturated/α-hetero) is 1. The molecule has 0 atom stereocenters.